The summed E-state index contributed by atoms with van der Waals surface area (Å²) >= 11 is 0. The lowest BCUT2D eigenvalue weighted by atomic mass is 9.97. The molecule has 3 atom stereocenters. The lowest BCUT2D eigenvalue weighted by Crippen LogP contribution is -2.42. The Labute approximate surface area is 152 Å². The average molecular weight is 362 g/mol. The Balaban J connectivity index is 1.60. The van der Waals surface area contributed by atoms with Crippen molar-refractivity contribution in [2.75, 3.05) is 13.1 Å². The molecule has 1 saturated heterocycles. The summed E-state index contributed by atoms with van der Waals surface area (Å²) in [7, 11) is 0. The number of carbonyl (C=O) groups excluding carboxylic acids is 2. The minimum absolute atomic E-state index is 0.0646. The van der Waals surface area contributed by atoms with Crippen LogP contribution in [-0.4, -0.2) is 47.1 Å². The molecule has 2 fully saturated rings. The highest BCUT2D eigenvalue weighted by Gasteiger charge is 2.40. The van der Waals surface area contributed by atoms with Gasteiger partial charge in [0.25, 0.3) is 5.91 Å². The maximum absolute atomic E-state index is 12.7. The third-order valence-electron chi connectivity index (χ3n) is 5.40. The van der Waals surface area contributed by atoms with Gasteiger partial charge in [-0.05, 0) is 38.5 Å². The average Bonchev–Trinajstić information content (AvgIpc) is 2.95. The number of piperidine rings is 1. The van der Waals surface area contributed by atoms with Gasteiger partial charge >= 0.3 is 0 Å². The number of nitrogens with zero attached hydrogens (tertiary/aromatic N) is 1. The summed E-state index contributed by atoms with van der Waals surface area (Å²) in [6.07, 6.45) is 1.97. The molecule has 2 aliphatic rings. The Hall–Kier alpha value is -2.15. The minimum Gasteiger partial charge on any atom is -0.456 e. The van der Waals surface area contributed by atoms with Crippen molar-refractivity contribution in [3.05, 3.63) is 33.9 Å². The molecule has 0 spiro atoms. The summed E-state index contributed by atoms with van der Waals surface area (Å²) < 4.78 is 5.28. The predicted octanol–water partition coefficient (Wildman–Crippen LogP) is 1.08. The first kappa shape index (κ1) is 18.6. The fourth-order valence-electron chi connectivity index (χ4n) is 3.81. The molecule has 2 heterocycles. The maximum Gasteiger partial charge on any atom is 0.287 e. The summed E-state index contributed by atoms with van der Waals surface area (Å²) in [5.74, 6) is 0.144. The molecule has 1 aliphatic carbocycles. The van der Waals surface area contributed by atoms with Gasteiger partial charge in [-0.25, -0.2) is 0 Å². The monoisotopic (exact) mass is 362 g/mol. The summed E-state index contributed by atoms with van der Waals surface area (Å²) in [6.45, 7) is 5.31. The highest BCUT2D eigenvalue weighted by molar-refractivity contribution is 5.91. The lowest BCUT2D eigenvalue weighted by molar-refractivity contribution is -0.136. The molecule has 142 valence electrons. The van der Waals surface area contributed by atoms with Crippen LogP contribution < -0.4 is 10.7 Å². The minimum atomic E-state index is -0.784. The van der Waals surface area contributed by atoms with Crippen LogP contribution in [0.25, 0.3) is 0 Å². The second-order valence-corrected chi connectivity index (χ2v) is 7.59. The van der Waals surface area contributed by atoms with E-state index in [-0.39, 0.29) is 23.0 Å². The number of hydrogen-bond acceptors (Lipinski definition) is 5. The van der Waals surface area contributed by atoms with E-state index in [1.165, 1.54) is 6.07 Å². The van der Waals surface area contributed by atoms with Crippen molar-refractivity contribution in [1.82, 2.24) is 10.2 Å². The fraction of sp³-hybridized carbons (Fsp3) is 0.632. The number of aliphatic hydroxyl groups excluding tert-OH is 1. The van der Waals surface area contributed by atoms with E-state index in [9.17, 15) is 19.5 Å². The van der Waals surface area contributed by atoms with Crippen LogP contribution >= 0.6 is 0 Å². The van der Waals surface area contributed by atoms with Gasteiger partial charge in [0.05, 0.1) is 12.1 Å². The number of aliphatic hydroxyl groups is 1. The van der Waals surface area contributed by atoms with E-state index in [2.05, 4.69) is 12.2 Å². The topological polar surface area (TPSA) is 99.9 Å². The van der Waals surface area contributed by atoms with E-state index in [0.29, 0.717) is 24.5 Å². The van der Waals surface area contributed by atoms with Gasteiger partial charge in [-0.1, -0.05) is 6.92 Å². The molecule has 2 amide bonds. The number of carbonyl (C=O) groups is 2. The van der Waals surface area contributed by atoms with Crippen molar-refractivity contribution in [3.63, 3.8) is 0 Å². The molecular weight excluding hydrogens is 336 g/mol. The molecule has 3 rings (SSSR count). The van der Waals surface area contributed by atoms with Crippen LogP contribution in [-0.2, 0) is 4.79 Å². The van der Waals surface area contributed by atoms with Crippen LogP contribution in [0.4, 0.5) is 0 Å². The van der Waals surface area contributed by atoms with Gasteiger partial charge in [0.2, 0.25) is 5.91 Å². The second-order valence-electron chi connectivity index (χ2n) is 7.59. The van der Waals surface area contributed by atoms with Crippen molar-refractivity contribution in [1.29, 1.82) is 0 Å². The molecule has 0 unspecified atom stereocenters. The standard InChI is InChI=1S/C19H26N2O5/c1-11-3-5-21(6-4-11)19(25)13-8-15(16(23)9-13)20-18(24)17-10-14(22)7-12(2)26-17/h7,10-11,13,15-16,23H,3-6,8-9H2,1-2H3,(H,20,24)/t13-,15-,16-/m0/s1. The Bertz CT molecular complexity index is 736. The van der Waals surface area contributed by atoms with Gasteiger partial charge in [-0.15, -0.1) is 0 Å². The van der Waals surface area contributed by atoms with Gasteiger partial charge in [0.1, 0.15) is 5.76 Å². The molecule has 26 heavy (non-hydrogen) atoms. The maximum atomic E-state index is 12.7. The van der Waals surface area contributed by atoms with E-state index >= 15 is 0 Å². The van der Waals surface area contributed by atoms with Crippen LogP contribution in [0, 0.1) is 18.8 Å². The molecule has 0 bridgehead atoms. The first-order valence-corrected chi connectivity index (χ1v) is 9.23. The summed E-state index contributed by atoms with van der Waals surface area (Å²) in [5.41, 5.74) is -0.307. The number of rotatable bonds is 3. The highest BCUT2D eigenvalue weighted by atomic mass is 16.3. The van der Waals surface area contributed by atoms with Gasteiger partial charge in [0.15, 0.2) is 11.2 Å². The van der Waals surface area contributed by atoms with E-state index in [4.69, 9.17) is 4.42 Å². The fourth-order valence-corrected chi connectivity index (χ4v) is 3.81. The van der Waals surface area contributed by atoms with Crippen LogP contribution in [0.1, 0.15) is 48.9 Å². The Morgan fingerprint density at radius 2 is 1.92 bits per heavy atom. The zero-order valence-electron chi connectivity index (χ0n) is 15.2. The second kappa shape index (κ2) is 7.61. The summed E-state index contributed by atoms with van der Waals surface area (Å²) in [5, 5.41) is 13.0. The number of likely N-dealkylation sites (tertiary alicyclic amines) is 1. The molecular formula is C19H26N2O5. The number of hydrogen-bond donors (Lipinski definition) is 2. The first-order chi connectivity index (χ1) is 12.3. The van der Waals surface area contributed by atoms with E-state index in [0.717, 1.165) is 32.0 Å². The van der Waals surface area contributed by atoms with Crippen molar-refractivity contribution in [3.8, 4) is 0 Å². The molecule has 1 saturated carbocycles. The number of amides is 2. The van der Waals surface area contributed by atoms with Gasteiger partial charge in [-0.3, -0.25) is 14.4 Å². The first-order valence-electron chi connectivity index (χ1n) is 9.23. The quantitative estimate of drug-likeness (QED) is 0.838. The lowest BCUT2D eigenvalue weighted by Gasteiger charge is -2.32. The zero-order valence-corrected chi connectivity index (χ0v) is 15.2. The van der Waals surface area contributed by atoms with Crippen LogP contribution in [0.3, 0.4) is 0 Å². The SMILES string of the molecule is Cc1cc(=O)cc(C(=O)N[C@H]2C[C@H](C(=O)N3CCC(C)CC3)C[C@@H]2O)o1. The third kappa shape index (κ3) is 4.15. The van der Waals surface area contributed by atoms with Crippen molar-refractivity contribution in [2.24, 2.45) is 11.8 Å². The molecule has 1 aromatic heterocycles. The zero-order chi connectivity index (χ0) is 18.8. The van der Waals surface area contributed by atoms with Gasteiger partial charge < -0.3 is 19.7 Å². The molecule has 7 nitrogen and oxygen atoms in total. The molecule has 1 aliphatic heterocycles. The van der Waals surface area contributed by atoms with Gasteiger partial charge in [-0.2, -0.15) is 0 Å². The normalized spacial score (nSPS) is 26.7. The Morgan fingerprint density at radius 1 is 1.23 bits per heavy atom. The largest absolute Gasteiger partial charge is 0.456 e. The highest BCUT2D eigenvalue weighted by Crippen LogP contribution is 2.29. The third-order valence-corrected chi connectivity index (χ3v) is 5.40. The molecule has 1 aromatic rings. The Morgan fingerprint density at radius 3 is 2.58 bits per heavy atom. The van der Waals surface area contributed by atoms with E-state index in [1.807, 2.05) is 4.90 Å². The predicted molar refractivity (Wildman–Crippen MR) is 94.7 cm³/mol. The summed E-state index contributed by atoms with van der Waals surface area (Å²) in [6, 6.07) is 1.90. The molecule has 2 N–H and O–H groups in total. The smallest absolute Gasteiger partial charge is 0.287 e. The van der Waals surface area contributed by atoms with Crippen molar-refractivity contribution in [2.45, 2.75) is 51.7 Å². The molecule has 0 aromatic carbocycles. The van der Waals surface area contributed by atoms with E-state index in [1.54, 1.807) is 6.92 Å². The Kier molecular flexibility index (Phi) is 5.46. The van der Waals surface area contributed by atoms with Crippen LogP contribution in [0.15, 0.2) is 21.3 Å². The summed E-state index contributed by atoms with van der Waals surface area (Å²) in [4.78, 5) is 38.4. The van der Waals surface area contributed by atoms with Crippen molar-refractivity contribution < 1.29 is 19.1 Å². The molecule has 0 radical (unpaired) electrons. The van der Waals surface area contributed by atoms with Crippen LogP contribution in [0.2, 0.25) is 0 Å². The van der Waals surface area contributed by atoms with E-state index < -0.39 is 18.1 Å². The number of aryl methyl sites for hydroxylation is 1. The molecule has 7 heteroatoms. The van der Waals surface area contributed by atoms with Crippen LogP contribution in [0.5, 0.6) is 0 Å². The number of nitrogens with one attached hydrogen (secondary N) is 1. The van der Waals surface area contributed by atoms with Gasteiger partial charge in [0, 0.05) is 31.1 Å². The van der Waals surface area contributed by atoms with Crippen molar-refractivity contribution >= 4 is 11.8 Å².